The van der Waals surface area contributed by atoms with Gasteiger partial charge in [-0.3, -0.25) is 4.90 Å². The van der Waals surface area contributed by atoms with Crippen LogP contribution in [0.2, 0.25) is 0 Å². The minimum Gasteiger partial charge on any atom is -0.365 e. The molecule has 1 aliphatic rings. The first-order valence-corrected chi connectivity index (χ1v) is 8.26. The maximum Gasteiger partial charge on any atom is 0.223 e. The van der Waals surface area contributed by atoms with E-state index in [9.17, 15) is 0 Å². The lowest BCUT2D eigenvalue weighted by Crippen LogP contribution is -2.42. The van der Waals surface area contributed by atoms with Crippen LogP contribution in [-0.2, 0) is 6.54 Å². The molecule has 0 aliphatic carbocycles. The number of hydrogen-bond acceptors (Lipinski definition) is 7. The monoisotopic (exact) mass is 324 g/mol. The van der Waals surface area contributed by atoms with Crippen molar-refractivity contribution in [3.05, 3.63) is 42.3 Å². The largest absolute Gasteiger partial charge is 0.365 e. The standard InChI is InChI=1S/C17H20N6O/c1-12-20-16(22-24-12)10-23-8-4-5-13(9-23)21-17-14-6-2-3-7-15(14)18-11-19-17/h2-3,6-7,11,13H,4-5,8-10H2,1H3,(H,18,19,21)/t13-/m1/s1. The first-order chi connectivity index (χ1) is 11.8. The number of hydrogen-bond donors (Lipinski definition) is 1. The molecule has 1 fully saturated rings. The third-order valence-electron chi connectivity index (χ3n) is 4.32. The van der Waals surface area contributed by atoms with Crippen molar-refractivity contribution in [3.8, 4) is 0 Å². The van der Waals surface area contributed by atoms with Crippen molar-refractivity contribution in [2.24, 2.45) is 0 Å². The summed E-state index contributed by atoms with van der Waals surface area (Å²) >= 11 is 0. The minimum atomic E-state index is 0.352. The average molecular weight is 324 g/mol. The number of rotatable bonds is 4. The van der Waals surface area contributed by atoms with E-state index in [-0.39, 0.29) is 0 Å². The fraction of sp³-hybridized carbons (Fsp3) is 0.412. The molecule has 0 amide bonds. The van der Waals surface area contributed by atoms with Crippen molar-refractivity contribution >= 4 is 16.7 Å². The van der Waals surface area contributed by atoms with Gasteiger partial charge in [0.15, 0.2) is 5.82 Å². The van der Waals surface area contributed by atoms with Gasteiger partial charge in [-0.2, -0.15) is 4.98 Å². The Morgan fingerprint density at radius 3 is 3.08 bits per heavy atom. The Morgan fingerprint density at radius 1 is 1.29 bits per heavy atom. The van der Waals surface area contributed by atoms with Gasteiger partial charge in [-0.1, -0.05) is 17.3 Å². The van der Waals surface area contributed by atoms with Crippen LogP contribution in [0.25, 0.3) is 10.9 Å². The van der Waals surface area contributed by atoms with Gasteiger partial charge in [0, 0.05) is 24.9 Å². The summed E-state index contributed by atoms with van der Waals surface area (Å²) in [6, 6.07) is 8.43. The Balaban J connectivity index is 1.46. The predicted octanol–water partition coefficient (Wildman–Crippen LogP) is 2.40. The topological polar surface area (TPSA) is 80.0 Å². The van der Waals surface area contributed by atoms with Gasteiger partial charge in [0.05, 0.1) is 12.1 Å². The number of nitrogens with zero attached hydrogens (tertiary/aromatic N) is 5. The molecule has 0 spiro atoms. The molecule has 0 saturated carbocycles. The van der Waals surface area contributed by atoms with Crippen LogP contribution < -0.4 is 5.32 Å². The predicted molar refractivity (Wildman–Crippen MR) is 90.5 cm³/mol. The van der Waals surface area contributed by atoms with Gasteiger partial charge in [0.1, 0.15) is 12.1 Å². The quantitative estimate of drug-likeness (QED) is 0.789. The number of likely N-dealkylation sites (tertiary alicyclic amines) is 1. The van der Waals surface area contributed by atoms with E-state index in [0.29, 0.717) is 11.9 Å². The molecule has 1 aromatic carbocycles. The van der Waals surface area contributed by atoms with Crippen LogP contribution in [0, 0.1) is 6.92 Å². The highest BCUT2D eigenvalue weighted by Crippen LogP contribution is 2.22. The van der Waals surface area contributed by atoms with Gasteiger partial charge in [-0.05, 0) is 31.5 Å². The summed E-state index contributed by atoms with van der Waals surface area (Å²) in [5, 5.41) is 8.64. The van der Waals surface area contributed by atoms with Crippen molar-refractivity contribution in [1.29, 1.82) is 0 Å². The zero-order chi connectivity index (χ0) is 16.4. The summed E-state index contributed by atoms with van der Waals surface area (Å²) in [6.07, 6.45) is 3.88. The molecule has 3 heterocycles. The number of piperidine rings is 1. The number of nitrogens with one attached hydrogen (secondary N) is 1. The van der Waals surface area contributed by atoms with Crippen LogP contribution in [0.15, 0.2) is 35.1 Å². The molecule has 24 heavy (non-hydrogen) atoms. The summed E-state index contributed by atoms with van der Waals surface area (Å²) in [5.74, 6) is 2.27. The molecular weight excluding hydrogens is 304 g/mol. The second kappa shape index (κ2) is 6.52. The van der Waals surface area contributed by atoms with Crippen LogP contribution >= 0.6 is 0 Å². The van der Waals surface area contributed by atoms with E-state index in [1.54, 1.807) is 6.33 Å². The van der Waals surface area contributed by atoms with Crippen LogP contribution in [0.1, 0.15) is 24.6 Å². The lowest BCUT2D eigenvalue weighted by atomic mass is 10.1. The first-order valence-electron chi connectivity index (χ1n) is 8.26. The molecule has 0 unspecified atom stereocenters. The van der Waals surface area contributed by atoms with E-state index in [1.807, 2.05) is 25.1 Å². The molecule has 1 aliphatic heterocycles. The van der Waals surface area contributed by atoms with E-state index < -0.39 is 0 Å². The normalized spacial score (nSPS) is 18.8. The second-order valence-electron chi connectivity index (χ2n) is 6.19. The third kappa shape index (κ3) is 3.21. The fourth-order valence-electron chi connectivity index (χ4n) is 3.24. The lowest BCUT2D eigenvalue weighted by Gasteiger charge is -2.32. The van der Waals surface area contributed by atoms with Gasteiger partial charge in [0.2, 0.25) is 5.89 Å². The van der Waals surface area contributed by atoms with Gasteiger partial charge < -0.3 is 9.84 Å². The Morgan fingerprint density at radius 2 is 2.21 bits per heavy atom. The maximum atomic E-state index is 5.06. The maximum absolute atomic E-state index is 5.06. The van der Waals surface area contributed by atoms with Crippen molar-refractivity contribution in [3.63, 3.8) is 0 Å². The summed E-state index contributed by atoms with van der Waals surface area (Å²) in [7, 11) is 0. The van der Waals surface area contributed by atoms with E-state index in [0.717, 1.165) is 55.0 Å². The number of para-hydroxylation sites is 1. The van der Waals surface area contributed by atoms with Crippen molar-refractivity contribution in [2.45, 2.75) is 32.4 Å². The molecule has 2 aromatic heterocycles. The Hall–Kier alpha value is -2.54. The summed E-state index contributed by atoms with van der Waals surface area (Å²) < 4.78 is 5.06. The summed E-state index contributed by atoms with van der Waals surface area (Å²) in [4.78, 5) is 15.4. The minimum absolute atomic E-state index is 0.352. The zero-order valence-corrected chi connectivity index (χ0v) is 13.6. The van der Waals surface area contributed by atoms with Gasteiger partial charge in [0.25, 0.3) is 0 Å². The highest BCUT2D eigenvalue weighted by molar-refractivity contribution is 5.88. The molecular formula is C17H20N6O. The molecule has 7 heteroatoms. The number of benzene rings is 1. The highest BCUT2D eigenvalue weighted by Gasteiger charge is 2.22. The average Bonchev–Trinajstić information content (AvgIpc) is 3.00. The second-order valence-corrected chi connectivity index (χ2v) is 6.19. The third-order valence-corrected chi connectivity index (χ3v) is 4.32. The summed E-state index contributed by atoms with van der Waals surface area (Å²) in [5.41, 5.74) is 0.963. The highest BCUT2D eigenvalue weighted by atomic mass is 16.5. The van der Waals surface area contributed by atoms with Gasteiger partial charge in [-0.15, -0.1) is 0 Å². The first kappa shape index (κ1) is 15.0. The van der Waals surface area contributed by atoms with E-state index >= 15 is 0 Å². The molecule has 1 atom stereocenters. The Bertz CT molecular complexity index is 827. The fourth-order valence-corrected chi connectivity index (χ4v) is 3.24. The van der Waals surface area contributed by atoms with Crippen molar-refractivity contribution in [1.82, 2.24) is 25.0 Å². The van der Waals surface area contributed by atoms with E-state index in [1.165, 1.54) is 0 Å². The zero-order valence-electron chi connectivity index (χ0n) is 13.6. The smallest absolute Gasteiger partial charge is 0.223 e. The van der Waals surface area contributed by atoms with Crippen molar-refractivity contribution in [2.75, 3.05) is 18.4 Å². The summed E-state index contributed by atoms with van der Waals surface area (Å²) in [6.45, 7) is 4.53. The molecule has 0 bridgehead atoms. The number of aromatic nitrogens is 4. The molecule has 1 saturated heterocycles. The number of fused-ring (bicyclic) bond motifs is 1. The SMILES string of the molecule is Cc1nc(CN2CCC[C@@H](Nc3ncnc4ccccc34)C2)no1. The van der Waals surface area contributed by atoms with Crippen LogP contribution in [0.5, 0.6) is 0 Å². The van der Waals surface area contributed by atoms with Gasteiger partial charge in [-0.25, -0.2) is 9.97 Å². The van der Waals surface area contributed by atoms with E-state index in [4.69, 9.17) is 4.52 Å². The van der Waals surface area contributed by atoms with Crippen LogP contribution in [0.3, 0.4) is 0 Å². The van der Waals surface area contributed by atoms with Crippen LogP contribution in [0.4, 0.5) is 5.82 Å². The molecule has 124 valence electrons. The molecule has 3 aromatic rings. The number of anilines is 1. The van der Waals surface area contributed by atoms with Gasteiger partial charge >= 0.3 is 0 Å². The molecule has 4 rings (SSSR count). The lowest BCUT2D eigenvalue weighted by molar-refractivity contribution is 0.201. The van der Waals surface area contributed by atoms with E-state index in [2.05, 4.69) is 36.4 Å². The van der Waals surface area contributed by atoms with Crippen molar-refractivity contribution < 1.29 is 4.52 Å². The Kier molecular flexibility index (Phi) is 4.08. The molecule has 1 N–H and O–H groups in total. The van der Waals surface area contributed by atoms with Crippen LogP contribution in [-0.4, -0.2) is 44.1 Å². The molecule has 7 nitrogen and oxygen atoms in total. The molecule has 0 radical (unpaired) electrons. The number of aryl methyl sites for hydroxylation is 1. The Labute approximate surface area is 140 Å².